The third kappa shape index (κ3) is 2.24. The van der Waals surface area contributed by atoms with Gasteiger partial charge in [0.25, 0.3) is 0 Å². The van der Waals surface area contributed by atoms with E-state index in [0.29, 0.717) is 0 Å². The van der Waals surface area contributed by atoms with E-state index in [-0.39, 0.29) is 0 Å². The van der Waals surface area contributed by atoms with Crippen LogP contribution < -0.4 is 5.32 Å². The highest BCUT2D eigenvalue weighted by molar-refractivity contribution is 5.10. The van der Waals surface area contributed by atoms with Crippen LogP contribution in [-0.4, -0.2) is 13.1 Å². The molecule has 1 saturated carbocycles. The fourth-order valence-electron chi connectivity index (χ4n) is 3.64. The summed E-state index contributed by atoms with van der Waals surface area (Å²) in [6, 6.07) is 0. The number of hydrogen-bond acceptors (Lipinski definition) is 1. The second-order valence-electron chi connectivity index (χ2n) is 5.85. The minimum atomic E-state index is 0.902. The molecular weight excluding hydrogens is 194 g/mol. The van der Waals surface area contributed by atoms with Crippen LogP contribution in [0.3, 0.4) is 0 Å². The van der Waals surface area contributed by atoms with Crippen LogP contribution >= 0.6 is 0 Å². The fourth-order valence-corrected chi connectivity index (χ4v) is 3.64. The van der Waals surface area contributed by atoms with Gasteiger partial charge in [-0.25, -0.2) is 0 Å². The molecule has 0 aromatic rings. The number of hydrogen-bond donors (Lipinski definition) is 1. The van der Waals surface area contributed by atoms with Gasteiger partial charge in [-0.1, -0.05) is 24.3 Å². The molecule has 3 rings (SSSR count). The average molecular weight is 217 g/mol. The summed E-state index contributed by atoms with van der Waals surface area (Å²) in [5.41, 5.74) is 0. The zero-order chi connectivity index (χ0) is 10.8. The molecule has 0 radical (unpaired) electrons. The Balaban J connectivity index is 1.37. The van der Waals surface area contributed by atoms with Gasteiger partial charge >= 0.3 is 0 Å². The van der Waals surface area contributed by atoms with Gasteiger partial charge in [0, 0.05) is 0 Å². The van der Waals surface area contributed by atoms with E-state index in [4.69, 9.17) is 0 Å². The molecule has 0 aliphatic heterocycles. The van der Waals surface area contributed by atoms with E-state index in [2.05, 4.69) is 29.6 Å². The molecule has 1 nitrogen and oxygen atoms in total. The molecule has 4 atom stereocenters. The topological polar surface area (TPSA) is 12.0 Å². The van der Waals surface area contributed by atoms with Gasteiger partial charge in [0.05, 0.1) is 0 Å². The van der Waals surface area contributed by atoms with E-state index in [9.17, 15) is 0 Å². The number of allylic oxidation sites excluding steroid dienone is 4. The number of fused-ring (bicyclic) bond motifs is 2. The van der Waals surface area contributed by atoms with Crippen LogP contribution in [0.15, 0.2) is 24.3 Å². The molecule has 16 heavy (non-hydrogen) atoms. The quantitative estimate of drug-likeness (QED) is 0.713. The molecule has 0 aromatic heterocycles. The molecule has 0 amide bonds. The maximum absolute atomic E-state index is 3.71. The molecule has 1 heteroatoms. The lowest BCUT2D eigenvalue weighted by Crippen LogP contribution is -2.30. The fraction of sp³-hybridized carbons (Fsp3) is 0.733. The van der Waals surface area contributed by atoms with Crippen LogP contribution in [0.5, 0.6) is 0 Å². The lowest BCUT2D eigenvalue weighted by atomic mass is 9.92. The first-order valence-electron chi connectivity index (χ1n) is 6.96. The summed E-state index contributed by atoms with van der Waals surface area (Å²) in [6.45, 7) is 2.49. The lowest BCUT2D eigenvalue weighted by molar-refractivity contribution is 0.375. The normalized spacial score (nSPS) is 40.8. The van der Waals surface area contributed by atoms with Gasteiger partial charge in [0.2, 0.25) is 0 Å². The Morgan fingerprint density at radius 3 is 2.75 bits per heavy atom. The van der Waals surface area contributed by atoms with E-state index >= 15 is 0 Å². The number of nitrogens with one attached hydrogen (secondary N) is 1. The largest absolute Gasteiger partial charge is 0.316 e. The monoisotopic (exact) mass is 217 g/mol. The molecule has 0 heterocycles. The number of rotatable bonds is 4. The second-order valence-corrected chi connectivity index (χ2v) is 5.85. The highest BCUT2D eigenvalue weighted by Gasteiger charge is 2.34. The smallest absolute Gasteiger partial charge is 0.00146 e. The molecular formula is C15H23N. The summed E-state index contributed by atoms with van der Waals surface area (Å²) in [4.78, 5) is 0. The predicted octanol–water partition coefficient (Wildman–Crippen LogP) is 3.14. The Morgan fingerprint density at radius 1 is 1.06 bits per heavy atom. The van der Waals surface area contributed by atoms with Crippen LogP contribution in [0.1, 0.15) is 32.1 Å². The molecule has 3 aliphatic carbocycles. The van der Waals surface area contributed by atoms with E-state index in [1.807, 2.05) is 0 Å². The Labute approximate surface area is 99.0 Å². The molecule has 4 unspecified atom stereocenters. The van der Waals surface area contributed by atoms with Crippen molar-refractivity contribution in [2.24, 2.45) is 23.7 Å². The van der Waals surface area contributed by atoms with E-state index in [1.54, 1.807) is 0 Å². The zero-order valence-corrected chi connectivity index (χ0v) is 10.1. The van der Waals surface area contributed by atoms with Crippen LogP contribution in [0.4, 0.5) is 0 Å². The molecule has 1 fully saturated rings. The summed E-state index contributed by atoms with van der Waals surface area (Å²) in [5.74, 6) is 3.67. The maximum Gasteiger partial charge on any atom is -0.00146 e. The molecule has 0 spiro atoms. The first-order chi connectivity index (χ1) is 7.92. The first-order valence-corrected chi connectivity index (χ1v) is 6.96. The summed E-state index contributed by atoms with van der Waals surface area (Å²) >= 11 is 0. The van der Waals surface area contributed by atoms with E-state index < -0.39 is 0 Å². The Kier molecular flexibility index (Phi) is 3.14. The highest BCUT2D eigenvalue weighted by atomic mass is 14.9. The van der Waals surface area contributed by atoms with Crippen molar-refractivity contribution in [2.45, 2.75) is 32.1 Å². The lowest BCUT2D eigenvalue weighted by Gasteiger charge is -2.22. The average Bonchev–Trinajstić information content (AvgIpc) is 2.92. The summed E-state index contributed by atoms with van der Waals surface area (Å²) in [6.07, 6.45) is 16.5. The van der Waals surface area contributed by atoms with E-state index in [1.165, 1.54) is 45.2 Å². The second kappa shape index (κ2) is 4.75. The summed E-state index contributed by atoms with van der Waals surface area (Å²) in [5, 5.41) is 3.71. The van der Waals surface area contributed by atoms with Gasteiger partial charge in [0.15, 0.2) is 0 Å². The molecule has 2 bridgehead atoms. The van der Waals surface area contributed by atoms with Crippen molar-refractivity contribution in [3.63, 3.8) is 0 Å². The summed E-state index contributed by atoms with van der Waals surface area (Å²) < 4.78 is 0. The van der Waals surface area contributed by atoms with Crippen LogP contribution in [0.2, 0.25) is 0 Å². The van der Waals surface area contributed by atoms with Crippen LogP contribution in [-0.2, 0) is 0 Å². The van der Waals surface area contributed by atoms with Gasteiger partial charge in [-0.3, -0.25) is 0 Å². The van der Waals surface area contributed by atoms with Crippen molar-refractivity contribution >= 4 is 0 Å². The highest BCUT2D eigenvalue weighted by Crippen LogP contribution is 2.42. The van der Waals surface area contributed by atoms with Crippen molar-refractivity contribution in [3.8, 4) is 0 Å². The van der Waals surface area contributed by atoms with Crippen LogP contribution in [0.25, 0.3) is 0 Å². The van der Waals surface area contributed by atoms with Gasteiger partial charge < -0.3 is 5.32 Å². The maximum atomic E-state index is 3.71. The molecule has 0 saturated heterocycles. The molecule has 1 N–H and O–H groups in total. The van der Waals surface area contributed by atoms with Crippen molar-refractivity contribution in [3.05, 3.63) is 24.3 Å². The standard InChI is InChI=1S/C15H23N/c1-2-4-12(5-3-1)10-16-11-15-9-13-6-7-14(15)8-13/h1-2,6-7,12-16H,3-5,8-11H2. The Hall–Kier alpha value is -0.560. The third-order valence-corrected chi connectivity index (χ3v) is 4.63. The van der Waals surface area contributed by atoms with Crippen LogP contribution in [0, 0.1) is 23.7 Å². The predicted molar refractivity (Wildman–Crippen MR) is 68.2 cm³/mol. The van der Waals surface area contributed by atoms with Crippen molar-refractivity contribution in [1.29, 1.82) is 0 Å². The van der Waals surface area contributed by atoms with E-state index in [0.717, 1.165) is 23.7 Å². The Morgan fingerprint density at radius 2 is 2.06 bits per heavy atom. The van der Waals surface area contributed by atoms with Gasteiger partial charge in [-0.15, -0.1) is 0 Å². The Bertz CT molecular complexity index is 292. The summed E-state index contributed by atoms with van der Waals surface area (Å²) in [7, 11) is 0. The molecule has 3 aliphatic rings. The minimum Gasteiger partial charge on any atom is -0.316 e. The first kappa shape index (κ1) is 10.6. The molecule has 0 aromatic carbocycles. The zero-order valence-electron chi connectivity index (χ0n) is 10.1. The van der Waals surface area contributed by atoms with Gasteiger partial charge in [-0.05, 0) is 68.9 Å². The third-order valence-electron chi connectivity index (χ3n) is 4.63. The minimum absolute atomic E-state index is 0.902. The van der Waals surface area contributed by atoms with Crippen molar-refractivity contribution in [2.75, 3.05) is 13.1 Å². The van der Waals surface area contributed by atoms with Crippen molar-refractivity contribution < 1.29 is 0 Å². The SMILES string of the molecule is C1=CCC(CNCC2CC3C=CC2C3)CC1. The van der Waals surface area contributed by atoms with Gasteiger partial charge in [0.1, 0.15) is 0 Å². The van der Waals surface area contributed by atoms with Gasteiger partial charge in [-0.2, -0.15) is 0 Å². The van der Waals surface area contributed by atoms with Crippen molar-refractivity contribution in [1.82, 2.24) is 5.32 Å². The molecule has 88 valence electrons.